The summed E-state index contributed by atoms with van der Waals surface area (Å²) in [6, 6.07) is 5.31. The van der Waals surface area contributed by atoms with E-state index in [9.17, 15) is 8.42 Å². The number of terminal acetylenes is 1. The van der Waals surface area contributed by atoms with Crippen molar-refractivity contribution in [2.45, 2.75) is 50.0 Å². The molecule has 0 amide bonds. The van der Waals surface area contributed by atoms with E-state index in [0.29, 0.717) is 9.37 Å². The van der Waals surface area contributed by atoms with Gasteiger partial charge < -0.3 is 0 Å². The zero-order valence-corrected chi connectivity index (χ0v) is 14.6. The SMILES string of the molecule is C#CCN(C1CCCCC1)S(=O)(=O)c1ccc(C)cc1Br. The molecule has 0 heterocycles. The highest BCUT2D eigenvalue weighted by Crippen LogP contribution is 2.31. The highest BCUT2D eigenvalue weighted by molar-refractivity contribution is 9.10. The van der Waals surface area contributed by atoms with Gasteiger partial charge in [-0.15, -0.1) is 6.42 Å². The maximum absolute atomic E-state index is 13.0. The van der Waals surface area contributed by atoms with Gasteiger partial charge in [-0.05, 0) is 53.4 Å². The smallest absolute Gasteiger partial charge is 0.207 e. The summed E-state index contributed by atoms with van der Waals surface area (Å²) >= 11 is 3.37. The number of nitrogens with zero attached hydrogens (tertiary/aromatic N) is 1. The zero-order valence-electron chi connectivity index (χ0n) is 12.2. The van der Waals surface area contributed by atoms with Gasteiger partial charge in [-0.2, -0.15) is 4.31 Å². The molecule has 2 rings (SSSR count). The van der Waals surface area contributed by atoms with Gasteiger partial charge in [-0.1, -0.05) is 31.2 Å². The van der Waals surface area contributed by atoms with Crippen LogP contribution in [0.5, 0.6) is 0 Å². The lowest BCUT2D eigenvalue weighted by molar-refractivity contribution is 0.271. The van der Waals surface area contributed by atoms with Gasteiger partial charge in [0.2, 0.25) is 10.0 Å². The Morgan fingerprint density at radius 3 is 2.57 bits per heavy atom. The lowest BCUT2D eigenvalue weighted by Gasteiger charge is -2.32. The van der Waals surface area contributed by atoms with Crippen molar-refractivity contribution in [2.75, 3.05) is 6.54 Å². The van der Waals surface area contributed by atoms with Crippen molar-refractivity contribution in [3.8, 4) is 12.3 Å². The molecular weight excluding hydrogens is 350 g/mol. The molecule has 0 unspecified atom stereocenters. The molecule has 0 aliphatic heterocycles. The average molecular weight is 370 g/mol. The Morgan fingerprint density at radius 2 is 2.00 bits per heavy atom. The van der Waals surface area contributed by atoms with Gasteiger partial charge in [0.15, 0.2) is 0 Å². The van der Waals surface area contributed by atoms with Gasteiger partial charge in [0.1, 0.15) is 0 Å². The number of hydrogen-bond acceptors (Lipinski definition) is 2. The second kappa shape index (κ2) is 6.95. The first-order valence-electron chi connectivity index (χ1n) is 7.18. The third kappa shape index (κ3) is 3.68. The molecule has 0 radical (unpaired) electrons. The number of rotatable bonds is 4. The van der Waals surface area contributed by atoms with Crippen LogP contribution < -0.4 is 0 Å². The van der Waals surface area contributed by atoms with E-state index in [1.165, 1.54) is 10.7 Å². The number of aryl methyl sites for hydroxylation is 1. The Balaban J connectivity index is 2.39. The fourth-order valence-electron chi connectivity index (χ4n) is 2.81. The van der Waals surface area contributed by atoms with Gasteiger partial charge in [0.05, 0.1) is 11.4 Å². The number of halogens is 1. The molecule has 1 aliphatic carbocycles. The van der Waals surface area contributed by atoms with Crippen molar-refractivity contribution >= 4 is 26.0 Å². The lowest BCUT2D eigenvalue weighted by Crippen LogP contribution is -2.41. The maximum Gasteiger partial charge on any atom is 0.245 e. The third-order valence-electron chi connectivity index (χ3n) is 3.90. The summed E-state index contributed by atoms with van der Waals surface area (Å²) in [5.74, 6) is 2.50. The highest BCUT2D eigenvalue weighted by atomic mass is 79.9. The van der Waals surface area contributed by atoms with E-state index in [1.807, 2.05) is 19.1 Å². The minimum absolute atomic E-state index is 0.0213. The normalized spacial score (nSPS) is 16.9. The Bertz CT molecular complexity index is 643. The standard InChI is InChI=1S/C16H20BrNO2S/c1-3-11-18(14-7-5-4-6-8-14)21(19,20)16-10-9-13(2)12-15(16)17/h1,9-10,12,14H,4-8,11H2,2H3. The van der Waals surface area contributed by atoms with E-state index in [2.05, 4.69) is 21.9 Å². The first kappa shape index (κ1) is 16.5. The average Bonchev–Trinajstić information content (AvgIpc) is 2.45. The summed E-state index contributed by atoms with van der Waals surface area (Å²) in [4.78, 5) is 0.300. The molecule has 114 valence electrons. The Hall–Kier alpha value is -0.830. The minimum Gasteiger partial charge on any atom is -0.207 e. The molecule has 1 fully saturated rings. The number of hydrogen-bond donors (Lipinski definition) is 0. The van der Waals surface area contributed by atoms with Gasteiger partial charge in [0.25, 0.3) is 0 Å². The minimum atomic E-state index is -3.57. The van der Waals surface area contributed by atoms with Crippen LogP contribution >= 0.6 is 15.9 Å². The van der Waals surface area contributed by atoms with Crippen LogP contribution in [-0.2, 0) is 10.0 Å². The molecule has 1 aliphatic rings. The van der Waals surface area contributed by atoms with Crippen LogP contribution in [0.2, 0.25) is 0 Å². The van der Waals surface area contributed by atoms with Crippen LogP contribution in [0.3, 0.4) is 0 Å². The van der Waals surface area contributed by atoms with Crippen molar-refractivity contribution < 1.29 is 8.42 Å². The molecule has 0 atom stereocenters. The van der Waals surface area contributed by atoms with E-state index >= 15 is 0 Å². The molecule has 5 heteroatoms. The fourth-order valence-corrected chi connectivity index (χ4v) is 5.56. The molecule has 21 heavy (non-hydrogen) atoms. The Labute approximate surface area is 135 Å². The van der Waals surface area contributed by atoms with Crippen molar-refractivity contribution in [1.29, 1.82) is 0 Å². The van der Waals surface area contributed by atoms with Crippen LogP contribution in [0.1, 0.15) is 37.7 Å². The topological polar surface area (TPSA) is 37.4 Å². The van der Waals surface area contributed by atoms with Crippen LogP contribution in [0.25, 0.3) is 0 Å². The summed E-state index contributed by atoms with van der Waals surface area (Å²) in [6.07, 6.45) is 10.5. The highest BCUT2D eigenvalue weighted by Gasteiger charge is 2.32. The van der Waals surface area contributed by atoms with Gasteiger partial charge in [-0.25, -0.2) is 8.42 Å². The van der Waals surface area contributed by atoms with Gasteiger partial charge in [0, 0.05) is 10.5 Å². The first-order valence-corrected chi connectivity index (χ1v) is 9.41. The predicted octanol–water partition coefficient (Wildman–Crippen LogP) is 3.71. The fraction of sp³-hybridized carbons (Fsp3) is 0.500. The Morgan fingerprint density at radius 1 is 1.33 bits per heavy atom. The summed E-state index contributed by atoms with van der Waals surface area (Å²) in [5.41, 5.74) is 1.02. The predicted molar refractivity (Wildman–Crippen MR) is 88.5 cm³/mol. The molecule has 1 aromatic rings. The molecule has 3 nitrogen and oxygen atoms in total. The summed E-state index contributed by atoms with van der Waals surface area (Å²) in [7, 11) is -3.57. The molecular formula is C16H20BrNO2S. The molecule has 0 saturated heterocycles. The van der Waals surface area contributed by atoms with Crippen molar-refractivity contribution in [3.05, 3.63) is 28.2 Å². The first-order chi connectivity index (χ1) is 9.96. The number of sulfonamides is 1. The van der Waals surface area contributed by atoms with Gasteiger partial charge in [-0.3, -0.25) is 0 Å². The molecule has 0 spiro atoms. The number of benzene rings is 1. The summed E-state index contributed by atoms with van der Waals surface area (Å²) in [5, 5.41) is 0. The monoisotopic (exact) mass is 369 g/mol. The molecule has 1 saturated carbocycles. The summed E-state index contributed by atoms with van der Waals surface area (Å²) in [6.45, 7) is 2.06. The molecule has 1 aromatic carbocycles. The molecule has 0 N–H and O–H groups in total. The van der Waals surface area contributed by atoms with E-state index in [1.54, 1.807) is 6.07 Å². The second-order valence-electron chi connectivity index (χ2n) is 5.48. The van der Waals surface area contributed by atoms with Crippen molar-refractivity contribution in [2.24, 2.45) is 0 Å². The van der Waals surface area contributed by atoms with Gasteiger partial charge >= 0.3 is 0 Å². The van der Waals surface area contributed by atoms with E-state index < -0.39 is 10.0 Å². The lowest BCUT2D eigenvalue weighted by atomic mass is 9.95. The van der Waals surface area contributed by atoms with Crippen LogP contribution in [0.4, 0.5) is 0 Å². The largest absolute Gasteiger partial charge is 0.245 e. The van der Waals surface area contributed by atoms with Crippen LogP contribution in [0.15, 0.2) is 27.6 Å². The zero-order chi connectivity index (χ0) is 15.5. The van der Waals surface area contributed by atoms with Crippen molar-refractivity contribution in [3.63, 3.8) is 0 Å². The van der Waals surface area contributed by atoms with Crippen molar-refractivity contribution in [1.82, 2.24) is 4.31 Å². The molecule has 0 aromatic heterocycles. The summed E-state index contributed by atoms with van der Waals surface area (Å²) < 4.78 is 28.0. The molecule has 0 bridgehead atoms. The maximum atomic E-state index is 13.0. The third-order valence-corrected chi connectivity index (χ3v) is 6.78. The van der Waals surface area contributed by atoms with Crippen LogP contribution in [-0.4, -0.2) is 25.3 Å². The van der Waals surface area contributed by atoms with E-state index in [0.717, 1.165) is 31.2 Å². The van der Waals surface area contributed by atoms with Crippen LogP contribution in [0, 0.1) is 19.3 Å². The second-order valence-corrected chi connectivity index (χ2v) is 8.19. The van der Waals surface area contributed by atoms with E-state index in [4.69, 9.17) is 6.42 Å². The quantitative estimate of drug-likeness (QED) is 0.758. The van der Waals surface area contributed by atoms with E-state index in [-0.39, 0.29) is 12.6 Å². The Kier molecular flexibility index (Phi) is 5.48.